The molecule has 0 bridgehead atoms. The van der Waals surface area contributed by atoms with Crippen molar-refractivity contribution >= 4 is 17.5 Å². The van der Waals surface area contributed by atoms with E-state index in [0.29, 0.717) is 18.7 Å². The third-order valence-electron chi connectivity index (χ3n) is 4.04. The van der Waals surface area contributed by atoms with Crippen molar-refractivity contribution in [2.24, 2.45) is 0 Å². The van der Waals surface area contributed by atoms with Crippen LogP contribution in [-0.2, 0) is 17.5 Å². The third kappa shape index (κ3) is 3.13. The molecule has 1 fully saturated rings. The van der Waals surface area contributed by atoms with Gasteiger partial charge in [-0.1, -0.05) is 23.7 Å². The predicted octanol–water partition coefficient (Wildman–Crippen LogP) is 3.98. The van der Waals surface area contributed by atoms with Crippen molar-refractivity contribution < 1.29 is 18.0 Å². The lowest BCUT2D eigenvalue weighted by molar-refractivity contribution is -0.141. The molecule has 24 heavy (non-hydrogen) atoms. The summed E-state index contributed by atoms with van der Waals surface area (Å²) in [5.74, 6) is 0.128. The number of aromatic nitrogens is 2. The third-order valence-corrected chi connectivity index (χ3v) is 4.49. The van der Waals surface area contributed by atoms with E-state index in [0.717, 1.165) is 18.5 Å². The van der Waals surface area contributed by atoms with Gasteiger partial charge in [-0.05, 0) is 31.0 Å². The minimum Gasteiger partial charge on any atom is -0.338 e. The molecule has 2 aromatic rings. The average Bonchev–Trinajstić information content (AvgIpc) is 3.05. The van der Waals surface area contributed by atoms with E-state index in [9.17, 15) is 18.0 Å². The van der Waals surface area contributed by atoms with Crippen LogP contribution in [0.3, 0.4) is 0 Å². The average molecular weight is 358 g/mol. The van der Waals surface area contributed by atoms with Gasteiger partial charge in [0.1, 0.15) is 0 Å². The van der Waals surface area contributed by atoms with Gasteiger partial charge in [0, 0.05) is 19.5 Å². The summed E-state index contributed by atoms with van der Waals surface area (Å²) in [7, 11) is 0. The van der Waals surface area contributed by atoms with Crippen LogP contribution in [0.2, 0.25) is 5.02 Å². The van der Waals surface area contributed by atoms with E-state index in [4.69, 9.17) is 11.6 Å². The zero-order chi connectivity index (χ0) is 17.5. The Bertz CT molecular complexity index is 768. The molecule has 0 saturated carbocycles. The van der Waals surface area contributed by atoms with Gasteiger partial charge in [-0.3, -0.25) is 4.79 Å². The number of nitrogens with zero attached hydrogens (tertiary/aromatic N) is 3. The largest absolute Gasteiger partial charge is 0.436 e. The lowest BCUT2D eigenvalue weighted by Gasteiger charge is -2.15. The van der Waals surface area contributed by atoms with Gasteiger partial charge in [0.25, 0.3) is 0 Å². The van der Waals surface area contributed by atoms with Crippen LogP contribution in [0.15, 0.2) is 24.3 Å². The van der Waals surface area contributed by atoms with Gasteiger partial charge < -0.3 is 4.90 Å². The Hall–Kier alpha value is -2.02. The van der Waals surface area contributed by atoms with Gasteiger partial charge in [-0.15, -0.1) is 0 Å². The predicted molar refractivity (Wildman–Crippen MR) is 83.0 cm³/mol. The number of amides is 1. The standard InChI is InChI=1S/C16H15ClF3N3O/c1-10-14(17)15(16(18,19)20)21-23(10)12-6-4-11(5-7-12)9-22-8-2-3-13(22)24/h4-7H,2-3,8-9H2,1H3. The molecular weight excluding hydrogens is 343 g/mol. The van der Waals surface area contributed by atoms with Gasteiger partial charge in [0.05, 0.1) is 16.4 Å². The minimum atomic E-state index is -4.59. The normalized spacial score (nSPS) is 15.4. The summed E-state index contributed by atoms with van der Waals surface area (Å²) in [6.45, 7) is 2.73. The molecule has 1 saturated heterocycles. The minimum absolute atomic E-state index is 0.128. The summed E-state index contributed by atoms with van der Waals surface area (Å²) in [5.41, 5.74) is 0.544. The van der Waals surface area contributed by atoms with E-state index in [2.05, 4.69) is 5.10 Å². The Morgan fingerprint density at radius 1 is 1.25 bits per heavy atom. The van der Waals surface area contributed by atoms with Gasteiger partial charge in [-0.2, -0.15) is 18.3 Å². The summed E-state index contributed by atoms with van der Waals surface area (Å²) in [6.07, 6.45) is -3.16. The molecule has 1 aliphatic heterocycles. The lowest BCUT2D eigenvalue weighted by Crippen LogP contribution is -2.23. The fourth-order valence-electron chi connectivity index (χ4n) is 2.75. The molecule has 8 heteroatoms. The van der Waals surface area contributed by atoms with Crippen LogP contribution in [0.1, 0.15) is 29.8 Å². The fourth-order valence-corrected chi connectivity index (χ4v) is 2.97. The zero-order valence-corrected chi connectivity index (χ0v) is 13.7. The van der Waals surface area contributed by atoms with Crippen molar-refractivity contribution in [1.82, 2.24) is 14.7 Å². The summed E-state index contributed by atoms with van der Waals surface area (Å²) in [6, 6.07) is 6.91. The first-order chi connectivity index (χ1) is 11.3. The molecule has 0 aliphatic carbocycles. The van der Waals surface area contributed by atoms with Crippen molar-refractivity contribution in [1.29, 1.82) is 0 Å². The first-order valence-corrected chi connectivity index (χ1v) is 7.84. The molecule has 2 heterocycles. The van der Waals surface area contributed by atoms with Gasteiger partial charge in [0.15, 0.2) is 5.69 Å². The molecule has 4 nitrogen and oxygen atoms in total. The Kier molecular flexibility index (Phi) is 4.29. The van der Waals surface area contributed by atoms with Crippen molar-refractivity contribution in [3.63, 3.8) is 0 Å². The molecule has 128 valence electrons. The summed E-state index contributed by atoms with van der Waals surface area (Å²) < 4.78 is 39.8. The van der Waals surface area contributed by atoms with Gasteiger partial charge in [-0.25, -0.2) is 4.68 Å². The van der Waals surface area contributed by atoms with Gasteiger partial charge in [0.2, 0.25) is 5.91 Å². The number of hydrogen-bond donors (Lipinski definition) is 0. The highest BCUT2D eigenvalue weighted by atomic mass is 35.5. The van der Waals surface area contributed by atoms with Crippen molar-refractivity contribution in [2.75, 3.05) is 6.54 Å². The second kappa shape index (κ2) is 6.12. The first kappa shape index (κ1) is 16.8. The molecule has 0 spiro atoms. The Labute approximate surface area is 141 Å². The number of halogens is 4. The van der Waals surface area contributed by atoms with E-state index in [-0.39, 0.29) is 11.6 Å². The molecule has 0 atom stereocenters. The van der Waals surface area contributed by atoms with Crippen molar-refractivity contribution in [2.45, 2.75) is 32.5 Å². The molecular formula is C16H15ClF3N3O. The van der Waals surface area contributed by atoms with E-state index in [1.54, 1.807) is 29.2 Å². The number of carbonyl (C=O) groups is 1. The van der Waals surface area contributed by atoms with Crippen LogP contribution in [0, 0.1) is 6.92 Å². The van der Waals surface area contributed by atoms with E-state index in [1.807, 2.05) is 0 Å². The van der Waals surface area contributed by atoms with Crippen LogP contribution in [-0.4, -0.2) is 27.1 Å². The van der Waals surface area contributed by atoms with Crippen molar-refractivity contribution in [3.8, 4) is 5.69 Å². The van der Waals surface area contributed by atoms with Crippen molar-refractivity contribution in [3.05, 3.63) is 46.2 Å². The number of alkyl halides is 3. The number of carbonyl (C=O) groups excluding carboxylic acids is 1. The number of hydrogen-bond acceptors (Lipinski definition) is 2. The SMILES string of the molecule is Cc1c(Cl)c(C(F)(F)F)nn1-c1ccc(CN2CCCC2=O)cc1. The van der Waals surface area contributed by atoms with Gasteiger partial charge >= 0.3 is 6.18 Å². The quantitative estimate of drug-likeness (QED) is 0.833. The maximum absolute atomic E-state index is 12.9. The molecule has 3 rings (SSSR count). The second-order valence-corrected chi connectivity index (χ2v) is 6.12. The summed E-state index contributed by atoms with van der Waals surface area (Å²) in [4.78, 5) is 13.4. The molecule has 1 aromatic heterocycles. The molecule has 0 N–H and O–H groups in total. The summed E-state index contributed by atoms with van der Waals surface area (Å²) in [5, 5.41) is 3.20. The highest BCUT2D eigenvalue weighted by Crippen LogP contribution is 2.36. The fraction of sp³-hybridized carbons (Fsp3) is 0.375. The Morgan fingerprint density at radius 2 is 1.92 bits per heavy atom. The highest BCUT2D eigenvalue weighted by molar-refractivity contribution is 6.32. The van der Waals surface area contributed by atoms with E-state index < -0.39 is 16.9 Å². The monoisotopic (exact) mass is 357 g/mol. The van der Waals surface area contributed by atoms with Crippen LogP contribution in [0.25, 0.3) is 5.69 Å². The van der Waals surface area contributed by atoms with Crippen LogP contribution >= 0.6 is 11.6 Å². The van der Waals surface area contributed by atoms with E-state index in [1.165, 1.54) is 11.6 Å². The lowest BCUT2D eigenvalue weighted by atomic mass is 10.2. The highest BCUT2D eigenvalue weighted by Gasteiger charge is 2.38. The Balaban J connectivity index is 1.85. The zero-order valence-electron chi connectivity index (χ0n) is 12.9. The molecule has 1 amide bonds. The molecule has 0 unspecified atom stereocenters. The molecule has 1 aromatic carbocycles. The van der Waals surface area contributed by atoms with Crippen LogP contribution in [0.5, 0.6) is 0 Å². The van der Waals surface area contributed by atoms with Crippen LogP contribution in [0.4, 0.5) is 13.2 Å². The number of benzene rings is 1. The first-order valence-electron chi connectivity index (χ1n) is 7.47. The van der Waals surface area contributed by atoms with Crippen LogP contribution < -0.4 is 0 Å². The summed E-state index contributed by atoms with van der Waals surface area (Å²) >= 11 is 5.76. The second-order valence-electron chi connectivity index (χ2n) is 5.74. The maximum Gasteiger partial charge on any atom is 0.436 e. The number of likely N-dealkylation sites (tertiary alicyclic amines) is 1. The molecule has 1 aliphatic rings. The number of rotatable bonds is 3. The Morgan fingerprint density at radius 3 is 2.42 bits per heavy atom. The maximum atomic E-state index is 12.9. The smallest absolute Gasteiger partial charge is 0.338 e. The molecule has 0 radical (unpaired) electrons. The topological polar surface area (TPSA) is 38.1 Å². The van der Waals surface area contributed by atoms with E-state index >= 15 is 0 Å².